The SMILES string of the molecule is CC.CC1CCCN(C(=O)C(C)Cl)C1. The molecule has 14 heavy (non-hydrogen) atoms. The highest BCUT2D eigenvalue weighted by molar-refractivity contribution is 6.30. The zero-order valence-corrected chi connectivity index (χ0v) is 10.5. The number of rotatable bonds is 1. The van der Waals surface area contributed by atoms with Crippen molar-refractivity contribution in [1.82, 2.24) is 4.90 Å². The second-order valence-electron chi connectivity index (χ2n) is 3.65. The average molecular weight is 220 g/mol. The van der Waals surface area contributed by atoms with Crippen LogP contribution < -0.4 is 0 Å². The van der Waals surface area contributed by atoms with Gasteiger partial charge in [-0.2, -0.15) is 0 Å². The summed E-state index contributed by atoms with van der Waals surface area (Å²) in [6, 6.07) is 0. The van der Waals surface area contributed by atoms with Crippen LogP contribution in [0.4, 0.5) is 0 Å². The Balaban J connectivity index is 0.000000791. The predicted molar refractivity (Wildman–Crippen MR) is 61.6 cm³/mol. The molecule has 1 fully saturated rings. The largest absolute Gasteiger partial charge is 0.341 e. The molecule has 0 radical (unpaired) electrons. The van der Waals surface area contributed by atoms with E-state index in [1.54, 1.807) is 6.92 Å². The Morgan fingerprint density at radius 2 is 2.07 bits per heavy atom. The first-order valence-corrected chi connectivity index (χ1v) is 5.97. The van der Waals surface area contributed by atoms with Crippen molar-refractivity contribution in [1.29, 1.82) is 0 Å². The highest BCUT2D eigenvalue weighted by Crippen LogP contribution is 2.16. The molecule has 3 heteroatoms. The zero-order valence-electron chi connectivity index (χ0n) is 9.72. The minimum atomic E-state index is -0.365. The van der Waals surface area contributed by atoms with Crippen molar-refractivity contribution < 1.29 is 4.79 Å². The van der Waals surface area contributed by atoms with Crippen molar-refractivity contribution in [3.05, 3.63) is 0 Å². The zero-order chi connectivity index (χ0) is 11.1. The molecule has 0 bridgehead atoms. The second-order valence-corrected chi connectivity index (χ2v) is 4.30. The van der Waals surface area contributed by atoms with Gasteiger partial charge in [0.05, 0.1) is 0 Å². The second kappa shape index (κ2) is 7.10. The van der Waals surface area contributed by atoms with Crippen LogP contribution >= 0.6 is 11.6 Å². The molecule has 0 aromatic heterocycles. The number of amides is 1. The minimum Gasteiger partial charge on any atom is -0.341 e. The molecule has 2 nitrogen and oxygen atoms in total. The maximum absolute atomic E-state index is 11.4. The van der Waals surface area contributed by atoms with E-state index in [0.29, 0.717) is 5.92 Å². The lowest BCUT2D eigenvalue weighted by Crippen LogP contribution is -2.42. The van der Waals surface area contributed by atoms with Gasteiger partial charge in [-0.15, -0.1) is 11.6 Å². The number of halogens is 1. The monoisotopic (exact) mass is 219 g/mol. The lowest BCUT2D eigenvalue weighted by atomic mass is 10.0. The van der Waals surface area contributed by atoms with Crippen LogP contribution in [0.5, 0.6) is 0 Å². The van der Waals surface area contributed by atoms with E-state index in [4.69, 9.17) is 11.6 Å². The molecule has 84 valence electrons. The quantitative estimate of drug-likeness (QED) is 0.621. The normalized spacial score (nSPS) is 23.5. The summed E-state index contributed by atoms with van der Waals surface area (Å²) in [6.45, 7) is 9.69. The first-order valence-electron chi connectivity index (χ1n) is 5.54. The Labute approximate surface area is 92.6 Å². The summed E-state index contributed by atoms with van der Waals surface area (Å²) in [4.78, 5) is 13.3. The number of nitrogens with zero attached hydrogens (tertiary/aromatic N) is 1. The van der Waals surface area contributed by atoms with Gasteiger partial charge in [-0.05, 0) is 25.7 Å². The standard InChI is InChI=1S/C9H16ClNO.C2H6/c1-7-4-3-5-11(6-7)9(12)8(2)10;1-2/h7-8H,3-6H2,1-2H3;1-2H3. The molecule has 0 aromatic carbocycles. The molecule has 0 saturated carbocycles. The number of likely N-dealkylation sites (tertiary alicyclic amines) is 1. The summed E-state index contributed by atoms with van der Waals surface area (Å²) in [6.07, 6.45) is 2.36. The first kappa shape index (κ1) is 13.8. The van der Waals surface area contributed by atoms with Crippen LogP contribution in [-0.2, 0) is 4.79 Å². The lowest BCUT2D eigenvalue weighted by molar-refractivity contribution is -0.132. The van der Waals surface area contributed by atoms with Gasteiger partial charge in [0.15, 0.2) is 0 Å². The van der Waals surface area contributed by atoms with Crippen molar-refractivity contribution in [2.24, 2.45) is 5.92 Å². The van der Waals surface area contributed by atoms with Gasteiger partial charge in [0.25, 0.3) is 0 Å². The minimum absolute atomic E-state index is 0.0863. The Morgan fingerprint density at radius 3 is 2.50 bits per heavy atom. The molecular formula is C11H22ClNO. The van der Waals surface area contributed by atoms with Crippen LogP contribution in [0.25, 0.3) is 0 Å². The van der Waals surface area contributed by atoms with Gasteiger partial charge in [0.2, 0.25) is 5.91 Å². The van der Waals surface area contributed by atoms with Crippen LogP contribution in [0.3, 0.4) is 0 Å². The third-order valence-corrected chi connectivity index (χ3v) is 2.50. The molecule has 1 saturated heterocycles. The Morgan fingerprint density at radius 1 is 1.50 bits per heavy atom. The number of hydrogen-bond acceptors (Lipinski definition) is 1. The van der Waals surface area contributed by atoms with Gasteiger partial charge in [-0.3, -0.25) is 4.79 Å². The van der Waals surface area contributed by atoms with E-state index in [1.165, 1.54) is 6.42 Å². The molecule has 0 N–H and O–H groups in total. The number of carbonyl (C=O) groups is 1. The van der Waals surface area contributed by atoms with Crippen molar-refractivity contribution in [2.75, 3.05) is 13.1 Å². The molecule has 1 heterocycles. The van der Waals surface area contributed by atoms with Crippen molar-refractivity contribution in [3.8, 4) is 0 Å². The van der Waals surface area contributed by atoms with Crippen molar-refractivity contribution in [2.45, 2.75) is 45.9 Å². The van der Waals surface area contributed by atoms with Crippen LogP contribution in [0, 0.1) is 5.92 Å². The summed E-state index contributed by atoms with van der Waals surface area (Å²) in [5, 5.41) is -0.365. The molecule has 0 spiro atoms. The predicted octanol–water partition coefficient (Wildman–Crippen LogP) is 2.90. The third-order valence-electron chi connectivity index (χ3n) is 2.31. The molecule has 0 aliphatic carbocycles. The summed E-state index contributed by atoms with van der Waals surface area (Å²) < 4.78 is 0. The Bertz CT molecular complexity index is 171. The van der Waals surface area contributed by atoms with Gasteiger partial charge < -0.3 is 4.90 Å². The fourth-order valence-corrected chi connectivity index (χ4v) is 1.78. The number of piperidine rings is 1. The summed E-state index contributed by atoms with van der Waals surface area (Å²) in [5.74, 6) is 0.723. The molecule has 1 amide bonds. The first-order chi connectivity index (χ1) is 6.61. The molecule has 1 aliphatic heterocycles. The maximum Gasteiger partial charge on any atom is 0.240 e. The van der Waals surface area contributed by atoms with Crippen molar-refractivity contribution in [3.63, 3.8) is 0 Å². The molecule has 1 aliphatic rings. The van der Waals surface area contributed by atoms with Crippen LogP contribution in [0.1, 0.15) is 40.5 Å². The molecule has 1 rings (SSSR count). The van der Waals surface area contributed by atoms with Crippen LogP contribution in [-0.4, -0.2) is 29.3 Å². The molecular weight excluding hydrogens is 198 g/mol. The topological polar surface area (TPSA) is 20.3 Å². The molecule has 0 aromatic rings. The highest BCUT2D eigenvalue weighted by Gasteiger charge is 2.23. The third kappa shape index (κ3) is 4.32. The highest BCUT2D eigenvalue weighted by atomic mass is 35.5. The number of alkyl halides is 1. The van der Waals surface area contributed by atoms with Gasteiger partial charge in [0, 0.05) is 13.1 Å². The lowest BCUT2D eigenvalue weighted by Gasteiger charge is -2.31. The summed E-state index contributed by atoms with van der Waals surface area (Å²) >= 11 is 5.72. The van der Waals surface area contributed by atoms with Gasteiger partial charge >= 0.3 is 0 Å². The maximum atomic E-state index is 11.4. The summed E-state index contributed by atoms with van der Waals surface area (Å²) in [5.41, 5.74) is 0. The van der Waals surface area contributed by atoms with Crippen molar-refractivity contribution >= 4 is 17.5 Å². The summed E-state index contributed by atoms with van der Waals surface area (Å²) in [7, 11) is 0. The van der Waals surface area contributed by atoms with E-state index in [9.17, 15) is 4.79 Å². The molecule has 2 unspecified atom stereocenters. The van der Waals surface area contributed by atoms with E-state index in [-0.39, 0.29) is 11.3 Å². The Hall–Kier alpha value is -0.240. The van der Waals surface area contributed by atoms with Gasteiger partial charge in [0.1, 0.15) is 5.38 Å². The van der Waals surface area contributed by atoms with E-state index in [1.807, 2.05) is 18.7 Å². The van der Waals surface area contributed by atoms with Crippen LogP contribution in [0.2, 0.25) is 0 Å². The van der Waals surface area contributed by atoms with E-state index in [0.717, 1.165) is 19.5 Å². The average Bonchev–Trinajstić information content (AvgIpc) is 2.19. The Kier molecular flexibility index (Phi) is 6.98. The molecule has 2 atom stereocenters. The number of carbonyl (C=O) groups excluding carboxylic acids is 1. The van der Waals surface area contributed by atoms with E-state index < -0.39 is 0 Å². The van der Waals surface area contributed by atoms with Crippen LogP contribution in [0.15, 0.2) is 0 Å². The van der Waals surface area contributed by atoms with E-state index in [2.05, 4.69) is 6.92 Å². The smallest absolute Gasteiger partial charge is 0.240 e. The number of hydrogen-bond donors (Lipinski definition) is 0. The van der Waals surface area contributed by atoms with Gasteiger partial charge in [-0.25, -0.2) is 0 Å². The fraction of sp³-hybridized carbons (Fsp3) is 0.909. The van der Waals surface area contributed by atoms with E-state index >= 15 is 0 Å². The van der Waals surface area contributed by atoms with Gasteiger partial charge in [-0.1, -0.05) is 20.8 Å². The fourth-order valence-electron chi connectivity index (χ4n) is 1.64.